The van der Waals surface area contributed by atoms with Crippen LogP contribution in [0.1, 0.15) is 19.8 Å². The van der Waals surface area contributed by atoms with E-state index in [2.05, 4.69) is 6.92 Å². The van der Waals surface area contributed by atoms with E-state index in [0.29, 0.717) is 0 Å². The zero-order valence-corrected chi connectivity index (χ0v) is 14.6. The second-order valence-electron chi connectivity index (χ2n) is 7.04. The van der Waals surface area contributed by atoms with Crippen molar-refractivity contribution in [1.29, 1.82) is 0 Å². The first-order chi connectivity index (χ1) is 11.4. The molecule has 0 aliphatic carbocycles. The van der Waals surface area contributed by atoms with Gasteiger partial charge in [0.25, 0.3) is 0 Å². The van der Waals surface area contributed by atoms with Crippen molar-refractivity contribution in [2.45, 2.75) is 26.3 Å². The van der Waals surface area contributed by atoms with Gasteiger partial charge in [0.05, 0.1) is 17.6 Å². The van der Waals surface area contributed by atoms with Gasteiger partial charge in [-0.25, -0.2) is 4.79 Å². The Hall–Kier alpha value is -2.08. The Morgan fingerprint density at radius 2 is 1.83 bits per heavy atom. The highest BCUT2D eigenvalue weighted by molar-refractivity contribution is 5.81. The molecular weight excluding hydrogens is 306 g/mol. The van der Waals surface area contributed by atoms with Gasteiger partial charge in [0.2, 0.25) is 5.91 Å². The van der Waals surface area contributed by atoms with Crippen molar-refractivity contribution in [2.24, 2.45) is 12.5 Å². The van der Waals surface area contributed by atoms with Crippen LogP contribution >= 0.6 is 0 Å². The van der Waals surface area contributed by atoms with Crippen molar-refractivity contribution in [3.8, 4) is 0 Å². The van der Waals surface area contributed by atoms with Gasteiger partial charge < -0.3 is 9.64 Å². The molecule has 0 bridgehead atoms. The highest BCUT2D eigenvalue weighted by atomic mass is 16.5. The van der Waals surface area contributed by atoms with Gasteiger partial charge in [-0.3, -0.25) is 13.9 Å². The van der Waals surface area contributed by atoms with Crippen molar-refractivity contribution >= 4 is 16.9 Å². The molecule has 0 spiro atoms. The highest BCUT2D eigenvalue weighted by Gasteiger charge is 2.32. The Kier molecular flexibility index (Phi) is 4.49. The smallest absolute Gasteiger partial charge is 0.329 e. The van der Waals surface area contributed by atoms with Crippen LogP contribution in [0.15, 0.2) is 29.1 Å². The van der Waals surface area contributed by atoms with E-state index in [1.807, 2.05) is 29.2 Å². The van der Waals surface area contributed by atoms with E-state index < -0.39 is 0 Å². The predicted molar refractivity (Wildman–Crippen MR) is 93.0 cm³/mol. The van der Waals surface area contributed by atoms with Crippen molar-refractivity contribution in [1.82, 2.24) is 14.0 Å². The number of hydrogen-bond acceptors (Lipinski definition) is 3. The van der Waals surface area contributed by atoms with Crippen LogP contribution in [0.4, 0.5) is 0 Å². The number of rotatable bonds is 4. The van der Waals surface area contributed by atoms with Crippen LogP contribution < -0.4 is 5.69 Å². The lowest BCUT2D eigenvalue weighted by Gasteiger charge is -2.39. The predicted octanol–water partition coefficient (Wildman–Crippen LogP) is 1.62. The minimum absolute atomic E-state index is 0.00733. The van der Waals surface area contributed by atoms with Crippen molar-refractivity contribution in [2.75, 3.05) is 26.8 Å². The maximum absolute atomic E-state index is 12.7. The number of piperidine rings is 1. The second-order valence-corrected chi connectivity index (χ2v) is 7.04. The summed E-state index contributed by atoms with van der Waals surface area (Å²) in [5.41, 5.74) is 1.65. The Bertz CT molecular complexity index is 797. The van der Waals surface area contributed by atoms with Gasteiger partial charge in [-0.1, -0.05) is 19.1 Å². The van der Waals surface area contributed by atoms with E-state index in [1.165, 1.54) is 0 Å². The lowest BCUT2D eigenvalue weighted by atomic mass is 9.81. The van der Waals surface area contributed by atoms with E-state index in [4.69, 9.17) is 4.74 Å². The molecule has 1 saturated heterocycles. The van der Waals surface area contributed by atoms with Crippen LogP contribution in [0.25, 0.3) is 11.0 Å². The fraction of sp³-hybridized carbons (Fsp3) is 0.556. The largest absolute Gasteiger partial charge is 0.384 e. The molecule has 2 aromatic rings. The van der Waals surface area contributed by atoms with Crippen molar-refractivity contribution < 1.29 is 9.53 Å². The number of fused-ring (bicyclic) bond motifs is 1. The SMILES string of the molecule is COCC1(C)CCN(C(=O)Cn2c(=O)n(C)c3ccccc32)CC1. The number of aromatic nitrogens is 2. The summed E-state index contributed by atoms with van der Waals surface area (Å²) in [7, 11) is 3.46. The summed E-state index contributed by atoms with van der Waals surface area (Å²) < 4.78 is 8.45. The van der Waals surface area contributed by atoms with Gasteiger partial charge in [0.15, 0.2) is 0 Å². The molecule has 6 heteroatoms. The molecule has 2 heterocycles. The molecule has 3 rings (SSSR count). The summed E-state index contributed by atoms with van der Waals surface area (Å²) in [6.07, 6.45) is 1.86. The monoisotopic (exact) mass is 331 g/mol. The molecular formula is C18H25N3O3. The van der Waals surface area contributed by atoms with Gasteiger partial charge in [0, 0.05) is 27.2 Å². The number of carbonyl (C=O) groups excluding carboxylic acids is 1. The van der Waals surface area contributed by atoms with Crippen molar-refractivity contribution in [3.63, 3.8) is 0 Å². The molecule has 24 heavy (non-hydrogen) atoms. The molecule has 0 saturated carbocycles. The summed E-state index contributed by atoms with van der Waals surface area (Å²) >= 11 is 0. The molecule has 1 aromatic heterocycles. The topological polar surface area (TPSA) is 56.5 Å². The van der Waals surface area contributed by atoms with E-state index in [-0.39, 0.29) is 23.6 Å². The van der Waals surface area contributed by atoms with Crippen LogP contribution in [0.5, 0.6) is 0 Å². The van der Waals surface area contributed by atoms with Crippen molar-refractivity contribution in [3.05, 3.63) is 34.7 Å². The molecule has 1 aliphatic heterocycles. The van der Waals surface area contributed by atoms with E-state index in [1.54, 1.807) is 23.3 Å². The van der Waals surface area contributed by atoms with Gasteiger partial charge in [0.1, 0.15) is 6.54 Å². The fourth-order valence-electron chi connectivity index (χ4n) is 3.54. The molecule has 0 atom stereocenters. The van der Waals surface area contributed by atoms with Gasteiger partial charge >= 0.3 is 5.69 Å². The average molecular weight is 331 g/mol. The molecule has 0 N–H and O–H groups in total. The Morgan fingerprint density at radius 3 is 2.46 bits per heavy atom. The summed E-state index contributed by atoms with van der Waals surface area (Å²) in [4.78, 5) is 27.0. The standard InChI is InChI=1S/C18H25N3O3/c1-18(13-24-3)8-10-20(11-9-18)16(22)12-21-15-7-5-4-6-14(15)19(2)17(21)23/h4-7H,8-13H2,1-3H3. The van der Waals surface area contributed by atoms with Crippen LogP contribution in [0.3, 0.4) is 0 Å². The summed E-state index contributed by atoms with van der Waals surface area (Å²) in [6.45, 7) is 4.46. The molecule has 0 radical (unpaired) electrons. The number of benzene rings is 1. The number of imidazole rings is 1. The summed E-state index contributed by atoms with van der Waals surface area (Å²) in [5.74, 6) is 0.00733. The van der Waals surface area contributed by atoms with Crippen LogP contribution in [-0.2, 0) is 23.1 Å². The summed E-state index contributed by atoms with van der Waals surface area (Å²) in [5, 5.41) is 0. The minimum Gasteiger partial charge on any atom is -0.384 e. The van der Waals surface area contributed by atoms with Gasteiger partial charge in [-0.05, 0) is 30.4 Å². The number of carbonyl (C=O) groups is 1. The molecule has 1 amide bonds. The van der Waals surface area contributed by atoms with Gasteiger partial charge in [-0.2, -0.15) is 0 Å². The normalized spacial score (nSPS) is 17.4. The maximum Gasteiger partial charge on any atom is 0.329 e. The van der Waals surface area contributed by atoms with Crippen LogP contribution in [-0.4, -0.2) is 46.7 Å². The number of methoxy groups -OCH3 is 1. The zero-order valence-electron chi connectivity index (χ0n) is 14.6. The number of hydrogen-bond donors (Lipinski definition) is 0. The third-order valence-corrected chi connectivity index (χ3v) is 5.16. The quantitative estimate of drug-likeness (QED) is 0.855. The number of likely N-dealkylation sites (tertiary alicyclic amines) is 1. The van der Waals surface area contributed by atoms with Crippen LogP contribution in [0, 0.1) is 5.41 Å². The maximum atomic E-state index is 12.7. The Morgan fingerprint density at radius 1 is 1.21 bits per heavy atom. The lowest BCUT2D eigenvalue weighted by molar-refractivity contribution is -0.134. The van der Waals surface area contributed by atoms with E-state index in [9.17, 15) is 9.59 Å². The lowest BCUT2D eigenvalue weighted by Crippen LogP contribution is -2.45. The first-order valence-corrected chi connectivity index (χ1v) is 8.36. The highest BCUT2D eigenvalue weighted by Crippen LogP contribution is 2.31. The molecule has 1 aliphatic rings. The number of aryl methyl sites for hydroxylation is 1. The number of amides is 1. The Labute approximate surface area is 141 Å². The molecule has 130 valence electrons. The van der Waals surface area contributed by atoms with Gasteiger partial charge in [-0.15, -0.1) is 0 Å². The van der Waals surface area contributed by atoms with Crippen LogP contribution in [0.2, 0.25) is 0 Å². The number of nitrogens with zero attached hydrogens (tertiary/aromatic N) is 3. The van der Waals surface area contributed by atoms with E-state index >= 15 is 0 Å². The third-order valence-electron chi connectivity index (χ3n) is 5.16. The molecule has 0 unspecified atom stereocenters. The number of para-hydroxylation sites is 2. The second kappa shape index (κ2) is 6.43. The Balaban J connectivity index is 1.75. The first kappa shape index (κ1) is 16.8. The third kappa shape index (κ3) is 2.98. The molecule has 1 fully saturated rings. The fourth-order valence-corrected chi connectivity index (χ4v) is 3.54. The number of ether oxygens (including phenoxy) is 1. The minimum atomic E-state index is -0.147. The zero-order chi connectivity index (χ0) is 17.3. The van der Waals surface area contributed by atoms with E-state index in [0.717, 1.165) is 43.6 Å². The molecule has 6 nitrogen and oxygen atoms in total. The average Bonchev–Trinajstić information content (AvgIpc) is 2.81. The first-order valence-electron chi connectivity index (χ1n) is 8.36. The molecule has 1 aromatic carbocycles. The summed E-state index contributed by atoms with van der Waals surface area (Å²) in [6, 6.07) is 7.57.